The van der Waals surface area contributed by atoms with Crippen molar-refractivity contribution in [2.75, 3.05) is 25.7 Å². The topological polar surface area (TPSA) is 35.5 Å². The minimum absolute atomic E-state index is 0.0995. The van der Waals surface area contributed by atoms with E-state index in [2.05, 4.69) is 0 Å². The fourth-order valence-corrected chi connectivity index (χ4v) is 6.42. The molecule has 0 aliphatic heterocycles. The van der Waals surface area contributed by atoms with Crippen molar-refractivity contribution in [3.63, 3.8) is 0 Å². The van der Waals surface area contributed by atoms with Gasteiger partial charge in [-0.1, -0.05) is 13.8 Å². The number of hydrogen-bond acceptors (Lipinski definition) is 5. The second-order valence-electron chi connectivity index (χ2n) is 2.12. The zero-order valence-corrected chi connectivity index (χ0v) is 11.0. The van der Waals surface area contributed by atoms with Gasteiger partial charge >= 0.3 is 7.60 Å². The first-order chi connectivity index (χ1) is 6.14. The first-order valence-corrected chi connectivity index (χ1v) is 7.79. The highest BCUT2D eigenvalue weighted by Crippen LogP contribution is 2.60. The first kappa shape index (κ1) is 13.8. The molecule has 0 fully saturated rings. The molecule has 0 amide bonds. The molecular weight excluding hydrogens is 227 g/mol. The molecule has 13 heavy (non-hydrogen) atoms. The highest BCUT2D eigenvalue weighted by Gasteiger charge is 2.33. The molecule has 0 aromatic carbocycles. The Morgan fingerprint density at radius 1 is 1.15 bits per heavy atom. The van der Waals surface area contributed by atoms with Crippen molar-refractivity contribution in [1.82, 2.24) is 0 Å². The minimum Gasteiger partial charge on any atom is -0.311 e. The molecule has 0 atom stereocenters. The van der Waals surface area contributed by atoms with Gasteiger partial charge in [0.2, 0.25) is 0 Å². The molecule has 0 saturated heterocycles. The molecule has 0 aliphatic carbocycles. The van der Waals surface area contributed by atoms with Gasteiger partial charge < -0.3 is 9.05 Å². The van der Waals surface area contributed by atoms with Gasteiger partial charge in [-0.2, -0.15) is 0 Å². The van der Waals surface area contributed by atoms with Crippen LogP contribution in [0.15, 0.2) is 0 Å². The van der Waals surface area contributed by atoms with Crippen LogP contribution in [0.5, 0.6) is 0 Å². The number of rotatable bonds is 7. The summed E-state index contributed by atoms with van der Waals surface area (Å²) in [4.78, 5) is 0. The lowest BCUT2D eigenvalue weighted by molar-refractivity contribution is 0.279. The third-order valence-electron chi connectivity index (χ3n) is 1.39. The Morgan fingerprint density at radius 2 is 1.54 bits per heavy atom. The molecular formula is C7H17O3PS2. The quantitative estimate of drug-likeness (QED) is 0.507. The Hall–Kier alpha value is 0.850. The highest BCUT2D eigenvalue weighted by molar-refractivity contribution is 8.23. The molecule has 3 nitrogen and oxygen atoms in total. The van der Waals surface area contributed by atoms with E-state index in [1.807, 2.05) is 13.8 Å². The van der Waals surface area contributed by atoms with Gasteiger partial charge in [0.15, 0.2) is 4.32 Å². The molecule has 0 N–H and O–H groups in total. The zero-order chi connectivity index (χ0) is 10.3. The highest BCUT2D eigenvalue weighted by atomic mass is 32.2. The Bertz CT molecular complexity index is 163. The third-order valence-corrected chi connectivity index (χ3v) is 7.42. The van der Waals surface area contributed by atoms with Crippen LogP contribution >= 0.6 is 31.1 Å². The predicted molar refractivity (Wildman–Crippen MR) is 61.7 cm³/mol. The monoisotopic (exact) mass is 244 g/mol. The maximum absolute atomic E-state index is 11.9. The average Bonchev–Trinajstić information content (AvgIpc) is 2.16. The van der Waals surface area contributed by atoms with Crippen LogP contribution in [0, 0.1) is 0 Å². The van der Waals surface area contributed by atoms with E-state index in [4.69, 9.17) is 9.05 Å². The van der Waals surface area contributed by atoms with Gasteiger partial charge in [-0.15, -0.1) is 23.5 Å². The van der Waals surface area contributed by atoms with Crippen molar-refractivity contribution in [2.45, 2.75) is 18.2 Å². The molecule has 0 aromatic heterocycles. The molecule has 0 spiro atoms. The van der Waals surface area contributed by atoms with Crippen LogP contribution in [-0.4, -0.2) is 30.0 Å². The van der Waals surface area contributed by atoms with Gasteiger partial charge in [0, 0.05) is 14.2 Å². The van der Waals surface area contributed by atoms with Crippen molar-refractivity contribution < 1.29 is 13.6 Å². The summed E-state index contributed by atoms with van der Waals surface area (Å²) in [6.45, 7) is 4.06. The largest absolute Gasteiger partial charge is 0.352 e. The van der Waals surface area contributed by atoms with Crippen LogP contribution in [0.1, 0.15) is 13.8 Å². The van der Waals surface area contributed by atoms with Gasteiger partial charge in [-0.3, -0.25) is 4.57 Å². The standard InChI is InChI=1S/C7H17O3PS2/c1-5-12-7(13-6-2)11(8,9-3)10-4/h7H,5-6H2,1-4H3. The molecule has 0 unspecified atom stereocenters. The van der Waals surface area contributed by atoms with E-state index < -0.39 is 7.60 Å². The third kappa shape index (κ3) is 4.26. The molecule has 0 rings (SSSR count). The van der Waals surface area contributed by atoms with E-state index in [1.54, 1.807) is 23.5 Å². The van der Waals surface area contributed by atoms with Gasteiger partial charge in [-0.25, -0.2) is 0 Å². The smallest absolute Gasteiger partial charge is 0.311 e. The van der Waals surface area contributed by atoms with Crippen molar-refractivity contribution in [3.05, 3.63) is 0 Å². The van der Waals surface area contributed by atoms with Crippen LogP contribution in [0.3, 0.4) is 0 Å². The first-order valence-electron chi connectivity index (χ1n) is 4.09. The second kappa shape index (κ2) is 7.18. The average molecular weight is 244 g/mol. The summed E-state index contributed by atoms with van der Waals surface area (Å²) >= 11 is 3.21. The number of thioether (sulfide) groups is 2. The van der Waals surface area contributed by atoms with Crippen LogP contribution in [0.25, 0.3) is 0 Å². The van der Waals surface area contributed by atoms with Crippen molar-refractivity contribution in [1.29, 1.82) is 0 Å². The Morgan fingerprint density at radius 3 is 1.77 bits per heavy atom. The lowest BCUT2D eigenvalue weighted by Crippen LogP contribution is -2.04. The van der Waals surface area contributed by atoms with E-state index in [-0.39, 0.29) is 4.32 Å². The predicted octanol–water partition coefficient (Wildman–Crippen LogP) is 3.26. The molecule has 80 valence electrons. The van der Waals surface area contributed by atoms with E-state index >= 15 is 0 Å². The van der Waals surface area contributed by atoms with Gasteiger partial charge in [0.25, 0.3) is 0 Å². The van der Waals surface area contributed by atoms with Gasteiger partial charge in [-0.05, 0) is 11.5 Å². The van der Waals surface area contributed by atoms with E-state index in [0.717, 1.165) is 11.5 Å². The molecule has 0 radical (unpaired) electrons. The summed E-state index contributed by atoms with van der Waals surface area (Å²) < 4.78 is 21.7. The molecule has 0 aromatic rings. The fourth-order valence-electron chi connectivity index (χ4n) is 0.763. The minimum atomic E-state index is -2.90. The van der Waals surface area contributed by atoms with Crippen LogP contribution in [0.2, 0.25) is 0 Å². The van der Waals surface area contributed by atoms with E-state index in [1.165, 1.54) is 14.2 Å². The Labute approximate surface area is 88.9 Å². The Kier molecular flexibility index (Phi) is 7.65. The summed E-state index contributed by atoms with van der Waals surface area (Å²) in [5, 5.41) is 0. The van der Waals surface area contributed by atoms with Crippen molar-refractivity contribution in [3.8, 4) is 0 Å². The van der Waals surface area contributed by atoms with Crippen LogP contribution in [0.4, 0.5) is 0 Å². The summed E-state index contributed by atoms with van der Waals surface area (Å²) in [7, 11) is -0.0299. The normalized spacial score (nSPS) is 12.4. The van der Waals surface area contributed by atoms with E-state index in [0.29, 0.717) is 0 Å². The molecule has 0 saturated carbocycles. The summed E-state index contributed by atoms with van der Waals surface area (Å²) in [5.74, 6) is 1.82. The SMILES string of the molecule is CCSC(SCC)P(=O)(OC)OC. The Balaban J connectivity index is 4.38. The lowest BCUT2D eigenvalue weighted by Gasteiger charge is -2.22. The summed E-state index contributed by atoms with van der Waals surface area (Å²) in [6.07, 6.45) is 0. The molecule has 6 heteroatoms. The maximum atomic E-state index is 11.9. The maximum Gasteiger partial charge on any atom is 0.352 e. The van der Waals surface area contributed by atoms with Gasteiger partial charge in [0.1, 0.15) is 0 Å². The molecule has 0 heterocycles. The lowest BCUT2D eigenvalue weighted by atomic mass is 11.0. The fraction of sp³-hybridized carbons (Fsp3) is 1.00. The van der Waals surface area contributed by atoms with Crippen LogP contribution < -0.4 is 0 Å². The summed E-state index contributed by atoms with van der Waals surface area (Å²) in [6, 6.07) is 0. The molecule has 0 bridgehead atoms. The van der Waals surface area contributed by atoms with E-state index in [9.17, 15) is 4.57 Å². The zero-order valence-electron chi connectivity index (χ0n) is 8.48. The van der Waals surface area contributed by atoms with Crippen molar-refractivity contribution >= 4 is 31.1 Å². The van der Waals surface area contributed by atoms with Crippen LogP contribution in [-0.2, 0) is 13.6 Å². The molecule has 0 aliphatic rings. The second-order valence-corrected chi connectivity index (χ2v) is 8.21. The van der Waals surface area contributed by atoms with Gasteiger partial charge in [0.05, 0.1) is 0 Å². The number of hydrogen-bond donors (Lipinski definition) is 0. The van der Waals surface area contributed by atoms with Crippen molar-refractivity contribution in [2.24, 2.45) is 0 Å². The summed E-state index contributed by atoms with van der Waals surface area (Å²) in [5.41, 5.74) is 0.